The van der Waals surface area contributed by atoms with E-state index in [2.05, 4.69) is 19.2 Å². The van der Waals surface area contributed by atoms with E-state index in [1.165, 1.54) is 0 Å². The van der Waals surface area contributed by atoms with Crippen molar-refractivity contribution in [2.24, 2.45) is 5.92 Å². The highest BCUT2D eigenvalue weighted by atomic mass is 32.1. The van der Waals surface area contributed by atoms with Crippen LogP contribution < -0.4 is 5.32 Å². The van der Waals surface area contributed by atoms with Gasteiger partial charge in [-0.3, -0.25) is 4.79 Å². The number of carbonyl (C=O) groups is 1. The molecule has 1 aromatic heterocycles. The minimum Gasteiger partial charge on any atom is -0.461 e. The van der Waals surface area contributed by atoms with Crippen molar-refractivity contribution in [3.63, 3.8) is 0 Å². The SMILES string of the molecule is CC(C)CCNCC(C)OC(=O)Cc1cccs1. The highest BCUT2D eigenvalue weighted by Gasteiger charge is 2.10. The largest absolute Gasteiger partial charge is 0.461 e. The third-order valence-electron chi connectivity index (χ3n) is 2.56. The van der Waals surface area contributed by atoms with Crippen LogP contribution in [-0.4, -0.2) is 25.2 Å². The fourth-order valence-electron chi connectivity index (χ4n) is 1.56. The van der Waals surface area contributed by atoms with Gasteiger partial charge in [0.2, 0.25) is 0 Å². The number of nitrogens with one attached hydrogen (secondary N) is 1. The molecule has 0 spiro atoms. The van der Waals surface area contributed by atoms with Crippen molar-refractivity contribution in [1.29, 1.82) is 0 Å². The van der Waals surface area contributed by atoms with E-state index < -0.39 is 0 Å². The number of hydrogen-bond acceptors (Lipinski definition) is 4. The first-order chi connectivity index (χ1) is 8.58. The maximum atomic E-state index is 11.6. The van der Waals surface area contributed by atoms with Crippen molar-refractivity contribution in [1.82, 2.24) is 5.32 Å². The van der Waals surface area contributed by atoms with Gasteiger partial charge in [0.05, 0.1) is 6.42 Å². The van der Waals surface area contributed by atoms with E-state index in [1.807, 2.05) is 24.4 Å². The minimum atomic E-state index is -0.143. The molecule has 1 N–H and O–H groups in total. The summed E-state index contributed by atoms with van der Waals surface area (Å²) >= 11 is 1.59. The molecule has 0 aliphatic rings. The Hall–Kier alpha value is -0.870. The van der Waals surface area contributed by atoms with E-state index in [9.17, 15) is 4.79 Å². The van der Waals surface area contributed by atoms with E-state index in [4.69, 9.17) is 4.74 Å². The van der Waals surface area contributed by atoms with Crippen LogP contribution in [0.2, 0.25) is 0 Å². The lowest BCUT2D eigenvalue weighted by atomic mass is 10.1. The summed E-state index contributed by atoms with van der Waals surface area (Å²) in [6, 6.07) is 3.90. The molecule has 1 heterocycles. The summed E-state index contributed by atoms with van der Waals surface area (Å²) in [6.07, 6.45) is 1.47. The van der Waals surface area contributed by atoms with Crippen molar-refractivity contribution < 1.29 is 9.53 Å². The molecule has 18 heavy (non-hydrogen) atoms. The Kier molecular flexibility index (Phi) is 6.98. The zero-order valence-electron chi connectivity index (χ0n) is 11.4. The lowest BCUT2D eigenvalue weighted by Crippen LogP contribution is -2.30. The van der Waals surface area contributed by atoms with Crippen LogP contribution in [0, 0.1) is 5.92 Å². The number of ether oxygens (including phenoxy) is 1. The molecule has 0 radical (unpaired) electrons. The Balaban J connectivity index is 2.11. The standard InChI is InChI=1S/C14H23NO2S/c1-11(2)6-7-15-10-12(3)17-14(16)9-13-5-4-8-18-13/h4-5,8,11-12,15H,6-7,9-10H2,1-3H3. The molecule has 1 unspecified atom stereocenters. The van der Waals surface area contributed by atoms with Gasteiger partial charge in [-0.1, -0.05) is 19.9 Å². The van der Waals surface area contributed by atoms with Crippen LogP contribution in [-0.2, 0) is 16.0 Å². The number of esters is 1. The first-order valence-electron chi connectivity index (χ1n) is 6.50. The Morgan fingerprint density at radius 3 is 2.83 bits per heavy atom. The fraction of sp³-hybridized carbons (Fsp3) is 0.643. The number of rotatable bonds is 8. The normalized spacial score (nSPS) is 12.7. The van der Waals surface area contributed by atoms with Crippen molar-refractivity contribution in [2.45, 2.75) is 39.7 Å². The van der Waals surface area contributed by atoms with Crippen LogP contribution in [0.1, 0.15) is 32.1 Å². The molecule has 0 fully saturated rings. The van der Waals surface area contributed by atoms with Crippen LogP contribution in [0.25, 0.3) is 0 Å². The molecule has 1 aromatic rings. The highest BCUT2D eigenvalue weighted by Crippen LogP contribution is 2.10. The Morgan fingerprint density at radius 1 is 1.44 bits per heavy atom. The van der Waals surface area contributed by atoms with Crippen molar-refractivity contribution in [3.8, 4) is 0 Å². The number of carbonyl (C=O) groups excluding carboxylic acids is 1. The Labute approximate surface area is 114 Å². The summed E-state index contributed by atoms with van der Waals surface area (Å²) in [4.78, 5) is 12.7. The summed E-state index contributed by atoms with van der Waals surface area (Å²) in [5.74, 6) is 0.560. The Bertz CT molecular complexity index is 336. The molecular weight excluding hydrogens is 246 g/mol. The van der Waals surface area contributed by atoms with Crippen LogP contribution in [0.4, 0.5) is 0 Å². The molecule has 0 amide bonds. The van der Waals surface area contributed by atoms with E-state index in [0.29, 0.717) is 12.3 Å². The van der Waals surface area contributed by atoms with Crippen molar-refractivity contribution in [3.05, 3.63) is 22.4 Å². The van der Waals surface area contributed by atoms with Crippen LogP contribution in [0.3, 0.4) is 0 Å². The van der Waals surface area contributed by atoms with Gasteiger partial charge < -0.3 is 10.1 Å². The second-order valence-corrected chi connectivity index (χ2v) is 5.98. The second-order valence-electron chi connectivity index (χ2n) is 4.94. The smallest absolute Gasteiger partial charge is 0.311 e. The van der Waals surface area contributed by atoms with Crippen LogP contribution >= 0.6 is 11.3 Å². The fourth-order valence-corrected chi connectivity index (χ4v) is 2.25. The molecule has 0 aliphatic heterocycles. The van der Waals surface area contributed by atoms with Gasteiger partial charge in [-0.05, 0) is 37.3 Å². The molecule has 0 aromatic carbocycles. The number of thiophene rings is 1. The molecule has 1 rings (SSSR count). The average Bonchev–Trinajstić information content (AvgIpc) is 2.76. The molecule has 4 heteroatoms. The van der Waals surface area contributed by atoms with E-state index in [1.54, 1.807) is 11.3 Å². The zero-order chi connectivity index (χ0) is 13.4. The predicted octanol–water partition coefficient (Wildman–Crippen LogP) is 2.86. The summed E-state index contributed by atoms with van der Waals surface area (Å²) in [6.45, 7) is 8.03. The van der Waals surface area contributed by atoms with Gasteiger partial charge in [-0.2, -0.15) is 0 Å². The van der Waals surface area contributed by atoms with Gasteiger partial charge in [0, 0.05) is 11.4 Å². The molecule has 0 saturated heterocycles. The highest BCUT2D eigenvalue weighted by molar-refractivity contribution is 7.10. The molecule has 0 aliphatic carbocycles. The van der Waals surface area contributed by atoms with E-state index in [-0.39, 0.29) is 12.1 Å². The summed E-state index contributed by atoms with van der Waals surface area (Å²) in [5.41, 5.74) is 0. The molecule has 1 atom stereocenters. The maximum Gasteiger partial charge on any atom is 0.311 e. The van der Waals surface area contributed by atoms with Crippen molar-refractivity contribution in [2.75, 3.05) is 13.1 Å². The topological polar surface area (TPSA) is 38.3 Å². The number of hydrogen-bond donors (Lipinski definition) is 1. The first-order valence-corrected chi connectivity index (χ1v) is 7.38. The summed E-state index contributed by atoms with van der Waals surface area (Å²) < 4.78 is 5.34. The third-order valence-corrected chi connectivity index (χ3v) is 3.44. The average molecular weight is 269 g/mol. The predicted molar refractivity (Wildman–Crippen MR) is 75.9 cm³/mol. The zero-order valence-corrected chi connectivity index (χ0v) is 12.3. The van der Waals surface area contributed by atoms with E-state index >= 15 is 0 Å². The molecule has 3 nitrogen and oxygen atoms in total. The molecule has 0 bridgehead atoms. The summed E-state index contributed by atoms with van der Waals surface area (Å²) in [5, 5.41) is 5.28. The molecular formula is C14H23NO2S. The van der Waals surface area contributed by atoms with Crippen LogP contribution in [0.5, 0.6) is 0 Å². The Morgan fingerprint density at radius 2 is 2.22 bits per heavy atom. The van der Waals surface area contributed by atoms with Gasteiger partial charge in [0.25, 0.3) is 0 Å². The summed E-state index contributed by atoms with van der Waals surface area (Å²) in [7, 11) is 0. The van der Waals surface area contributed by atoms with Gasteiger partial charge in [0.1, 0.15) is 6.10 Å². The molecule has 102 valence electrons. The van der Waals surface area contributed by atoms with Gasteiger partial charge in [-0.25, -0.2) is 0 Å². The van der Waals surface area contributed by atoms with Crippen molar-refractivity contribution >= 4 is 17.3 Å². The maximum absolute atomic E-state index is 11.6. The lowest BCUT2D eigenvalue weighted by molar-refractivity contribution is -0.147. The monoisotopic (exact) mass is 269 g/mol. The quantitative estimate of drug-likeness (QED) is 0.582. The van der Waals surface area contributed by atoms with Gasteiger partial charge >= 0.3 is 5.97 Å². The minimum absolute atomic E-state index is 0.0652. The van der Waals surface area contributed by atoms with Crippen LogP contribution in [0.15, 0.2) is 17.5 Å². The second kappa shape index (κ2) is 8.27. The third kappa shape index (κ3) is 6.77. The lowest BCUT2D eigenvalue weighted by Gasteiger charge is -2.14. The van der Waals surface area contributed by atoms with Gasteiger partial charge in [0.15, 0.2) is 0 Å². The van der Waals surface area contributed by atoms with E-state index in [0.717, 1.165) is 24.4 Å². The molecule has 0 saturated carbocycles. The van der Waals surface area contributed by atoms with Gasteiger partial charge in [-0.15, -0.1) is 11.3 Å². The first kappa shape index (κ1) is 15.2.